The Labute approximate surface area is 206 Å². The number of phenolic OH excluding ortho intramolecular Hbond substituents is 2. The normalized spacial score (nSPS) is 11.6. The van der Waals surface area contributed by atoms with Gasteiger partial charge in [0.15, 0.2) is 0 Å². The van der Waals surface area contributed by atoms with Crippen LogP contribution in [0.15, 0.2) is 106 Å². The minimum absolute atomic E-state index is 0.00493. The van der Waals surface area contributed by atoms with E-state index in [1.807, 2.05) is 30.3 Å². The number of nitrogens with one attached hydrogen (secondary N) is 1. The van der Waals surface area contributed by atoms with Gasteiger partial charge < -0.3 is 14.9 Å². The molecule has 0 fully saturated rings. The van der Waals surface area contributed by atoms with Crippen LogP contribution in [0.2, 0.25) is 0 Å². The van der Waals surface area contributed by atoms with Crippen LogP contribution in [0.4, 0.5) is 5.69 Å². The lowest BCUT2D eigenvalue weighted by Gasteiger charge is -2.16. The molecule has 0 heterocycles. The first-order valence-corrected chi connectivity index (χ1v) is 13.0. The molecule has 0 aromatic heterocycles. The van der Waals surface area contributed by atoms with Crippen molar-refractivity contribution in [2.75, 3.05) is 11.8 Å². The van der Waals surface area contributed by atoms with Gasteiger partial charge in [0.2, 0.25) is 0 Å². The third kappa shape index (κ3) is 4.34. The molecule has 0 aliphatic carbocycles. The van der Waals surface area contributed by atoms with E-state index in [1.165, 1.54) is 31.0 Å². The molecule has 0 saturated carbocycles. The molecular weight excluding hydrogens is 482 g/mol. The maximum atomic E-state index is 13.2. The summed E-state index contributed by atoms with van der Waals surface area (Å²) in [6.45, 7) is 0. The number of methoxy groups -OCH3 is 1. The number of aromatic hydroxyl groups is 2. The van der Waals surface area contributed by atoms with Gasteiger partial charge in [-0.2, -0.15) is 0 Å². The molecule has 176 valence electrons. The quantitative estimate of drug-likeness (QED) is 0.233. The minimum atomic E-state index is -3.92. The van der Waals surface area contributed by atoms with Crippen molar-refractivity contribution < 1.29 is 23.4 Å². The first-order valence-electron chi connectivity index (χ1n) is 10.7. The molecule has 0 aliphatic rings. The molecule has 5 aromatic rings. The molecule has 0 unspecified atom stereocenters. The molecule has 3 N–H and O–H groups in total. The second-order valence-corrected chi connectivity index (χ2v) is 10.6. The van der Waals surface area contributed by atoms with Gasteiger partial charge in [-0.1, -0.05) is 66.4 Å². The molecule has 0 amide bonds. The number of hydrogen-bond acceptors (Lipinski definition) is 6. The number of ether oxygens (including phenoxy) is 1. The lowest BCUT2D eigenvalue weighted by Crippen LogP contribution is -2.13. The standard InChI is InChI=1S/C27H21NO5S2/c1-33-18-11-13-19(14-12-18)35(31,32)28-23-16-25(26(30)22-9-5-4-8-21(22)23)34-27-20-7-3-2-6-17(20)10-15-24(27)29/h2-16,28-30H,1H3. The summed E-state index contributed by atoms with van der Waals surface area (Å²) in [6.07, 6.45) is 0. The summed E-state index contributed by atoms with van der Waals surface area (Å²) in [7, 11) is -2.41. The van der Waals surface area contributed by atoms with Crippen LogP contribution in [0.1, 0.15) is 0 Å². The maximum Gasteiger partial charge on any atom is 0.261 e. The van der Waals surface area contributed by atoms with E-state index in [0.717, 1.165) is 10.8 Å². The van der Waals surface area contributed by atoms with E-state index in [1.54, 1.807) is 48.5 Å². The number of rotatable bonds is 6. The van der Waals surface area contributed by atoms with Gasteiger partial charge in [0.1, 0.15) is 17.2 Å². The van der Waals surface area contributed by atoms with Crippen molar-refractivity contribution in [3.63, 3.8) is 0 Å². The fourth-order valence-electron chi connectivity index (χ4n) is 3.90. The molecule has 8 heteroatoms. The first-order chi connectivity index (χ1) is 16.9. The van der Waals surface area contributed by atoms with Crippen molar-refractivity contribution in [2.24, 2.45) is 0 Å². The Morgan fingerprint density at radius 3 is 2.17 bits per heavy atom. The maximum absolute atomic E-state index is 13.2. The van der Waals surface area contributed by atoms with E-state index < -0.39 is 10.0 Å². The van der Waals surface area contributed by atoms with Crippen molar-refractivity contribution in [1.29, 1.82) is 0 Å². The van der Waals surface area contributed by atoms with Gasteiger partial charge in [0, 0.05) is 10.8 Å². The highest BCUT2D eigenvalue weighted by Crippen LogP contribution is 2.47. The zero-order chi connectivity index (χ0) is 24.6. The zero-order valence-corrected chi connectivity index (χ0v) is 20.2. The number of phenols is 2. The predicted molar refractivity (Wildman–Crippen MR) is 139 cm³/mol. The molecule has 5 rings (SSSR count). The second kappa shape index (κ2) is 9.05. The highest BCUT2D eigenvalue weighted by molar-refractivity contribution is 7.99. The number of benzene rings is 5. The summed E-state index contributed by atoms with van der Waals surface area (Å²) in [4.78, 5) is 1.05. The van der Waals surface area contributed by atoms with E-state index in [-0.39, 0.29) is 16.4 Å². The van der Waals surface area contributed by atoms with Crippen LogP contribution < -0.4 is 9.46 Å². The lowest BCUT2D eigenvalue weighted by molar-refractivity contribution is 0.414. The van der Waals surface area contributed by atoms with Crippen LogP contribution in [0.3, 0.4) is 0 Å². The molecule has 0 atom stereocenters. The summed E-state index contributed by atoms with van der Waals surface area (Å²) in [5.41, 5.74) is 0.316. The number of sulfonamides is 1. The van der Waals surface area contributed by atoms with Crippen LogP contribution in [-0.4, -0.2) is 25.7 Å². The van der Waals surface area contributed by atoms with E-state index in [4.69, 9.17) is 4.74 Å². The summed E-state index contributed by atoms with van der Waals surface area (Å²) in [5.74, 6) is 0.625. The van der Waals surface area contributed by atoms with Crippen molar-refractivity contribution >= 4 is 49.0 Å². The molecule has 0 aliphatic heterocycles. The summed E-state index contributed by atoms with van der Waals surface area (Å²) < 4.78 is 34.1. The molecule has 0 saturated heterocycles. The fourth-order valence-corrected chi connectivity index (χ4v) is 6.05. The van der Waals surface area contributed by atoms with Gasteiger partial charge >= 0.3 is 0 Å². The van der Waals surface area contributed by atoms with Crippen LogP contribution in [0, 0.1) is 0 Å². The van der Waals surface area contributed by atoms with E-state index in [0.29, 0.717) is 32.0 Å². The summed E-state index contributed by atoms with van der Waals surface area (Å²) in [5, 5.41) is 24.5. The molecule has 35 heavy (non-hydrogen) atoms. The lowest BCUT2D eigenvalue weighted by atomic mass is 10.1. The molecule has 0 spiro atoms. The average molecular weight is 504 g/mol. The predicted octanol–water partition coefficient (Wildman–Crippen LogP) is 6.36. The Morgan fingerprint density at radius 1 is 0.800 bits per heavy atom. The number of hydrogen-bond donors (Lipinski definition) is 3. The first kappa shape index (κ1) is 22.9. The fraction of sp³-hybridized carbons (Fsp3) is 0.0370. The van der Waals surface area contributed by atoms with Crippen LogP contribution in [0.25, 0.3) is 21.5 Å². The van der Waals surface area contributed by atoms with E-state index in [2.05, 4.69) is 4.72 Å². The Kier molecular flexibility index (Phi) is 5.92. The molecule has 0 radical (unpaired) electrons. The Morgan fingerprint density at radius 2 is 1.46 bits per heavy atom. The average Bonchev–Trinajstić information content (AvgIpc) is 2.88. The summed E-state index contributed by atoms with van der Waals surface area (Å²) >= 11 is 1.17. The van der Waals surface area contributed by atoms with E-state index >= 15 is 0 Å². The summed E-state index contributed by atoms with van der Waals surface area (Å²) in [6, 6.07) is 25.7. The largest absolute Gasteiger partial charge is 0.507 e. The van der Waals surface area contributed by atoms with Gasteiger partial charge in [0.25, 0.3) is 10.0 Å². The van der Waals surface area contributed by atoms with Gasteiger partial charge in [-0.25, -0.2) is 8.42 Å². The highest BCUT2D eigenvalue weighted by Gasteiger charge is 2.20. The SMILES string of the molecule is COc1ccc(S(=O)(=O)Nc2cc(Sc3c(O)ccc4ccccc34)c(O)c3ccccc23)cc1. The molecule has 6 nitrogen and oxygen atoms in total. The topological polar surface area (TPSA) is 95.9 Å². The third-order valence-electron chi connectivity index (χ3n) is 5.67. The van der Waals surface area contributed by atoms with Crippen molar-refractivity contribution in [3.05, 3.63) is 91.0 Å². The van der Waals surface area contributed by atoms with Crippen molar-refractivity contribution in [1.82, 2.24) is 0 Å². The van der Waals surface area contributed by atoms with Crippen molar-refractivity contribution in [3.8, 4) is 17.2 Å². The highest BCUT2D eigenvalue weighted by atomic mass is 32.2. The molecular formula is C27H21NO5S2. The number of anilines is 1. The van der Waals surface area contributed by atoms with Gasteiger partial charge in [-0.15, -0.1) is 0 Å². The van der Waals surface area contributed by atoms with Crippen molar-refractivity contribution in [2.45, 2.75) is 14.7 Å². The van der Waals surface area contributed by atoms with Gasteiger partial charge in [-0.05, 0) is 47.2 Å². The smallest absolute Gasteiger partial charge is 0.261 e. The van der Waals surface area contributed by atoms with Gasteiger partial charge in [-0.3, -0.25) is 4.72 Å². The minimum Gasteiger partial charge on any atom is -0.507 e. The molecule has 0 bridgehead atoms. The van der Waals surface area contributed by atoms with Crippen LogP contribution >= 0.6 is 11.8 Å². The monoisotopic (exact) mass is 503 g/mol. The Bertz CT molecular complexity index is 1670. The van der Waals surface area contributed by atoms with Crippen LogP contribution in [0.5, 0.6) is 17.2 Å². The van der Waals surface area contributed by atoms with Crippen LogP contribution in [-0.2, 0) is 10.0 Å². The second-order valence-electron chi connectivity index (χ2n) is 7.83. The third-order valence-corrected chi connectivity index (χ3v) is 8.21. The molecule has 5 aromatic carbocycles. The van der Waals surface area contributed by atoms with Gasteiger partial charge in [0.05, 0.1) is 27.5 Å². The Balaban J connectivity index is 1.62. The zero-order valence-electron chi connectivity index (χ0n) is 18.6. The number of fused-ring (bicyclic) bond motifs is 2. The van der Waals surface area contributed by atoms with E-state index in [9.17, 15) is 18.6 Å². The Hall–Kier alpha value is -3.88.